The molecule has 0 unspecified atom stereocenters. The molecular formula is C14H22ClFN4. The molecule has 1 aromatic heterocycles. The first kappa shape index (κ1) is 15.5. The first-order valence-electron chi connectivity index (χ1n) is 7.19. The molecule has 1 saturated heterocycles. The molecular weight excluding hydrogens is 279 g/mol. The van der Waals surface area contributed by atoms with Gasteiger partial charge < -0.3 is 10.6 Å². The summed E-state index contributed by atoms with van der Waals surface area (Å²) in [5.41, 5.74) is 5.48. The van der Waals surface area contributed by atoms with Gasteiger partial charge in [-0.3, -0.25) is 4.90 Å². The fourth-order valence-corrected chi connectivity index (χ4v) is 2.62. The smallest absolute Gasteiger partial charge is 0.167 e. The van der Waals surface area contributed by atoms with Crippen LogP contribution in [0.1, 0.15) is 19.3 Å². The Morgan fingerprint density at radius 3 is 2.60 bits per heavy atom. The van der Waals surface area contributed by atoms with E-state index in [1.165, 1.54) is 25.1 Å². The number of aromatic nitrogens is 1. The van der Waals surface area contributed by atoms with E-state index in [4.69, 9.17) is 17.3 Å². The van der Waals surface area contributed by atoms with Crippen LogP contribution in [0.4, 0.5) is 10.2 Å². The van der Waals surface area contributed by atoms with E-state index in [2.05, 4.69) is 9.88 Å². The van der Waals surface area contributed by atoms with Crippen molar-refractivity contribution in [2.24, 2.45) is 5.73 Å². The summed E-state index contributed by atoms with van der Waals surface area (Å²) in [5.74, 6) is 0.0751. The van der Waals surface area contributed by atoms with E-state index in [1.807, 2.05) is 4.90 Å². The summed E-state index contributed by atoms with van der Waals surface area (Å²) < 4.78 is 13.8. The molecule has 1 aromatic rings. The zero-order valence-electron chi connectivity index (χ0n) is 11.7. The monoisotopic (exact) mass is 300 g/mol. The van der Waals surface area contributed by atoms with Gasteiger partial charge in [0, 0.05) is 32.4 Å². The Bertz CT molecular complexity index is 422. The summed E-state index contributed by atoms with van der Waals surface area (Å²) in [6, 6.07) is 1.32. The first-order chi connectivity index (χ1) is 9.70. The van der Waals surface area contributed by atoms with Gasteiger partial charge in [-0.2, -0.15) is 0 Å². The van der Waals surface area contributed by atoms with Crippen molar-refractivity contribution in [3.63, 3.8) is 0 Å². The molecule has 1 fully saturated rings. The molecule has 0 radical (unpaired) electrons. The van der Waals surface area contributed by atoms with E-state index >= 15 is 0 Å². The molecule has 1 aliphatic rings. The number of hydrogen-bond acceptors (Lipinski definition) is 4. The lowest BCUT2D eigenvalue weighted by Crippen LogP contribution is -2.47. The van der Waals surface area contributed by atoms with Gasteiger partial charge in [-0.15, -0.1) is 0 Å². The lowest BCUT2D eigenvalue weighted by molar-refractivity contribution is 0.251. The largest absolute Gasteiger partial charge is 0.352 e. The molecule has 2 N–H and O–H groups in total. The second kappa shape index (κ2) is 7.76. The Labute approximate surface area is 124 Å². The van der Waals surface area contributed by atoms with E-state index in [0.717, 1.165) is 45.7 Å². The normalized spacial score (nSPS) is 16.6. The first-order valence-corrected chi connectivity index (χ1v) is 7.57. The molecule has 112 valence electrons. The van der Waals surface area contributed by atoms with Crippen molar-refractivity contribution in [2.75, 3.05) is 44.2 Å². The summed E-state index contributed by atoms with van der Waals surface area (Å²) in [6.45, 7) is 5.39. The van der Waals surface area contributed by atoms with Gasteiger partial charge in [-0.25, -0.2) is 9.37 Å². The Morgan fingerprint density at radius 1 is 1.20 bits per heavy atom. The highest BCUT2D eigenvalue weighted by molar-refractivity contribution is 6.30. The van der Waals surface area contributed by atoms with Crippen LogP contribution in [-0.2, 0) is 0 Å². The SMILES string of the molecule is NCCCCCN1CCN(c2ncc(Cl)cc2F)CC1. The van der Waals surface area contributed by atoms with Gasteiger partial charge in [0.05, 0.1) is 5.02 Å². The van der Waals surface area contributed by atoms with E-state index in [-0.39, 0.29) is 5.82 Å². The van der Waals surface area contributed by atoms with Crippen LogP contribution in [0.15, 0.2) is 12.3 Å². The van der Waals surface area contributed by atoms with Crippen molar-refractivity contribution >= 4 is 17.4 Å². The minimum atomic E-state index is -0.339. The number of halogens is 2. The zero-order chi connectivity index (χ0) is 14.4. The lowest BCUT2D eigenvalue weighted by Gasteiger charge is -2.35. The van der Waals surface area contributed by atoms with Crippen LogP contribution in [0.25, 0.3) is 0 Å². The third-order valence-corrected chi connectivity index (χ3v) is 3.85. The number of pyridine rings is 1. The quantitative estimate of drug-likeness (QED) is 0.818. The summed E-state index contributed by atoms with van der Waals surface area (Å²) in [7, 11) is 0. The maximum atomic E-state index is 13.8. The third-order valence-electron chi connectivity index (χ3n) is 3.64. The van der Waals surface area contributed by atoms with Crippen molar-refractivity contribution < 1.29 is 4.39 Å². The number of nitrogens with zero attached hydrogens (tertiary/aromatic N) is 3. The van der Waals surface area contributed by atoms with Gasteiger partial charge >= 0.3 is 0 Å². The second-order valence-corrected chi connectivity index (χ2v) is 5.57. The van der Waals surface area contributed by atoms with E-state index in [0.29, 0.717) is 10.8 Å². The maximum absolute atomic E-state index is 13.8. The standard InChI is InChI=1S/C14H22ClFN4/c15-12-10-13(16)14(18-11-12)20-8-6-19(7-9-20)5-3-1-2-4-17/h10-11H,1-9,17H2. The summed E-state index contributed by atoms with van der Waals surface area (Å²) in [5, 5.41) is 0.338. The van der Waals surface area contributed by atoms with Gasteiger partial charge in [0.25, 0.3) is 0 Å². The Morgan fingerprint density at radius 2 is 1.95 bits per heavy atom. The zero-order valence-corrected chi connectivity index (χ0v) is 12.4. The number of unbranched alkanes of at least 4 members (excludes halogenated alkanes) is 2. The maximum Gasteiger partial charge on any atom is 0.167 e. The van der Waals surface area contributed by atoms with Crippen LogP contribution in [0, 0.1) is 5.82 Å². The van der Waals surface area contributed by atoms with Crippen LogP contribution in [-0.4, -0.2) is 49.2 Å². The van der Waals surface area contributed by atoms with E-state index in [9.17, 15) is 4.39 Å². The van der Waals surface area contributed by atoms with Gasteiger partial charge in [-0.1, -0.05) is 18.0 Å². The minimum Gasteiger partial charge on any atom is -0.352 e. The number of piperazine rings is 1. The Hall–Kier alpha value is -0.910. The summed E-state index contributed by atoms with van der Waals surface area (Å²) in [4.78, 5) is 8.51. The Balaban J connectivity index is 1.79. The molecule has 0 aromatic carbocycles. The van der Waals surface area contributed by atoms with Crippen molar-refractivity contribution in [1.82, 2.24) is 9.88 Å². The molecule has 0 atom stereocenters. The van der Waals surface area contributed by atoms with Crippen molar-refractivity contribution in [3.8, 4) is 0 Å². The van der Waals surface area contributed by atoms with Gasteiger partial charge in [-0.05, 0) is 32.0 Å². The molecule has 20 heavy (non-hydrogen) atoms. The fraction of sp³-hybridized carbons (Fsp3) is 0.643. The number of rotatable bonds is 6. The van der Waals surface area contributed by atoms with Crippen LogP contribution in [0.2, 0.25) is 5.02 Å². The Kier molecular flexibility index (Phi) is 6.01. The minimum absolute atomic E-state index is 0.338. The van der Waals surface area contributed by atoms with E-state index < -0.39 is 0 Å². The fourth-order valence-electron chi connectivity index (χ4n) is 2.48. The number of nitrogens with two attached hydrogens (primary N) is 1. The average molecular weight is 301 g/mol. The number of anilines is 1. The predicted octanol–water partition coefficient (Wildman–Crippen LogP) is 2.13. The van der Waals surface area contributed by atoms with E-state index in [1.54, 1.807) is 0 Å². The molecule has 0 aliphatic carbocycles. The average Bonchev–Trinajstić information content (AvgIpc) is 2.45. The molecule has 2 rings (SSSR count). The number of hydrogen-bond donors (Lipinski definition) is 1. The highest BCUT2D eigenvalue weighted by Crippen LogP contribution is 2.20. The van der Waals surface area contributed by atoms with Crippen LogP contribution < -0.4 is 10.6 Å². The van der Waals surface area contributed by atoms with Crippen molar-refractivity contribution in [3.05, 3.63) is 23.1 Å². The molecule has 0 amide bonds. The molecule has 4 nitrogen and oxygen atoms in total. The molecule has 2 heterocycles. The van der Waals surface area contributed by atoms with Crippen molar-refractivity contribution in [1.29, 1.82) is 0 Å². The highest BCUT2D eigenvalue weighted by Gasteiger charge is 2.20. The van der Waals surface area contributed by atoms with Gasteiger partial charge in [0.1, 0.15) is 0 Å². The van der Waals surface area contributed by atoms with Crippen LogP contribution in [0.3, 0.4) is 0 Å². The summed E-state index contributed by atoms with van der Waals surface area (Å²) >= 11 is 5.72. The molecule has 0 bridgehead atoms. The molecule has 0 spiro atoms. The van der Waals surface area contributed by atoms with Crippen LogP contribution in [0.5, 0.6) is 0 Å². The van der Waals surface area contributed by atoms with Gasteiger partial charge in [0.15, 0.2) is 11.6 Å². The highest BCUT2D eigenvalue weighted by atomic mass is 35.5. The predicted molar refractivity (Wildman–Crippen MR) is 80.8 cm³/mol. The third kappa shape index (κ3) is 4.30. The van der Waals surface area contributed by atoms with Gasteiger partial charge in [0.2, 0.25) is 0 Å². The molecule has 0 saturated carbocycles. The lowest BCUT2D eigenvalue weighted by atomic mass is 10.2. The van der Waals surface area contributed by atoms with Crippen LogP contribution >= 0.6 is 11.6 Å². The molecule has 1 aliphatic heterocycles. The topological polar surface area (TPSA) is 45.4 Å². The second-order valence-electron chi connectivity index (χ2n) is 5.14. The summed E-state index contributed by atoms with van der Waals surface area (Å²) in [6.07, 6.45) is 4.97. The van der Waals surface area contributed by atoms with Crippen molar-refractivity contribution in [2.45, 2.75) is 19.3 Å². The molecule has 6 heteroatoms.